The summed E-state index contributed by atoms with van der Waals surface area (Å²) in [6.07, 6.45) is 1.53. The molecule has 21 heavy (non-hydrogen) atoms. The highest BCUT2D eigenvalue weighted by molar-refractivity contribution is 7.11. The first-order valence-electron chi connectivity index (χ1n) is 5.93. The molecule has 0 aliphatic heterocycles. The number of anilines is 1. The van der Waals surface area contributed by atoms with Crippen molar-refractivity contribution in [1.29, 1.82) is 5.26 Å². The van der Waals surface area contributed by atoms with Crippen LogP contribution < -0.4 is 5.32 Å². The van der Waals surface area contributed by atoms with Crippen molar-refractivity contribution in [3.05, 3.63) is 56.5 Å². The lowest BCUT2D eigenvalue weighted by molar-refractivity contribution is -0.112. The van der Waals surface area contributed by atoms with Crippen molar-refractivity contribution >= 4 is 40.6 Å². The minimum atomic E-state index is -0.570. The van der Waals surface area contributed by atoms with E-state index in [9.17, 15) is 9.18 Å². The molecule has 0 fully saturated rings. The molecule has 0 saturated heterocycles. The van der Waals surface area contributed by atoms with E-state index in [-0.39, 0.29) is 10.6 Å². The van der Waals surface area contributed by atoms with Crippen LogP contribution in [0.25, 0.3) is 6.08 Å². The average molecular weight is 321 g/mol. The normalized spacial score (nSPS) is 11.0. The Hall–Kier alpha value is -2.16. The summed E-state index contributed by atoms with van der Waals surface area (Å²) < 4.78 is 13.1. The summed E-state index contributed by atoms with van der Waals surface area (Å²) in [5.74, 6) is -1.13. The number of rotatable bonds is 3. The predicted octanol–water partition coefficient (Wildman–Crippen LogP) is 4.39. The van der Waals surface area contributed by atoms with Crippen molar-refractivity contribution < 1.29 is 9.18 Å². The number of nitrogens with one attached hydrogen (secondary N) is 1. The van der Waals surface area contributed by atoms with Crippen molar-refractivity contribution in [1.82, 2.24) is 0 Å². The van der Waals surface area contributed by atoms with Gasteiger partial charge in [0.25, 0.3) is 5.91 Å². The predicted molar refractivity (Wildman–Crippen MR) is 82.7 cm³/mol. The maximum atomic E-state index is 13.1. The van der Waals surface area contributed by atoms with Crippen LogP contribution >= 0.6 is 22.9 Å². The van der Waals surface area contributed by atoms with E-state index in [0.29, 0.717) is 5.69 Å². The van der Waals surface area contributed by atoms with Gasteiger partial charge in [0.05, 0.1) is 5.02 Å². The van der Waals surface area contributed by atoms with Gasteiger partial charge in [-0.15, -0.1) is 11.3 Å². The highest BCUT2D eigenvalue weighted by Gasteiger charge is 2.11. The minimum absolute atomic E-state index is 0.0269. The molecule has 0 atom stereocenters. The number of halogens is 2. The molecule has 1 heterocycles. The number of benzene rings is 1. The molecule has 1 N–H and O–H groups in total. The number of carbonyl (C=O) groups excluding carboxylic acids is 1. The van der Waals surface area contributed by atoms with Crippen LogP contribution in [0.2, 0.25) is 5.02 Å². The van der Waals surface area contributed by atoms with Crippen molar-refractivity contribution in [2.24, 2.45) is 0 Å². The molecule has 1 aromatic heterocycles. The van der Waals surface area contributed by atoms with E-state index in [1.807, 2.05) is 24.4 Å². The second-order valence-corrected chi connectivity index (χ2v) is 5.58. The Morgan fingerprint density at radius 3 is 2.81 bits per heavy atom. The zero-order chi connectivity index (χ0) is 15.4. The van der Waals surface area contributed by atoms with Crippen LogP contribution in [-0.4, -0.2) is 5.91 Å². The van der Waals surface area contributed by atoms with Gasteiger partial charge in [-0.25, -0.2) is 4.39 Å². The van der Waals surface area contributed by atoms with Crippen LogP contribution in [0.5, 0.6) is 0 Å². The molecule has 0 bridgehead atoms. The highest BCUT2D eigenvalue weighted by atomic mass is 35.5. The summed E-state index contributed by atoms with van der Waals surface area (Å²) in [6, 6.07) is 7.59. The smallest absolute Gasteiger partial charge is 0.266 e. The Labute approximate surface area is 130 Å². The second-order valence-electron chi connectivity index (χ2n) is 4.22. The number of nitriles is 1. The van der Waals surface area contributed by atoms with Gasteiger partial charge in [-0.1, -0.05) is 11.6 Å². The number of thiophene rings is 1. The first kappa shape index (κ1) is 15.2. The van der Waals surface area contributed by atoms with Gasteiger partial charge in [0.1, 0.15) is 17.5 Å². The van der Waals surface area contributed by atoms with E-state index in [0.717, 1.165) is 16.5 Å². The summed E-state index contributed by atoms with van der Waals surface area (Å²) in [6.45, 7) is 1.90. The zero-order valence-corrected chi connectivity index (χ0v) is 12.6. The third kappa shape index (κ3) is 3.69. The molecule has 6 heteroatoms. The maximum Gasteiger partial charge on any atom is 0.266 e. The quantitative estimate of drug-likeness (QED) is 0.673. The summed E-state index contributed by atoms with van der Waals surface area (Å²) in [4.78, 5) is 12.9. The fourth-order valence-electron chi connectivity index (χ4n) is 1.58. The Balaban J connectivity index is 2.22. The van der Waals surface area contributed by atoms with Crippen molar-refractivity contribution in [2.75, 3.05) is 5.32 Å². The topological polar surface area (TPSA) is 52.9 Å². The lowest BCUT2D eigenvalue weighted by atomic mass is 10.2. The molecule has 3 nitrogen and oxygen atoms in total. The van der Waals surface area contributed by atoms with Gasteiger partial charge < -0.3 is 5.32 Å². The molecular weight excluding hydrogens is 311 g/mol. The Morgan fingerprint density at radius 2 is 2.24 bits per heavy atom. The minimum Gasteiger partial charge on any atom is -0.321 e. The first-order valence-corrected chi connectivity index (χ1v) is 7.19. The van der Waals surface area contributed by atoms with E-state index < -0.39 is 11.7 Å². The van der Waals surface area contributed by atoms with E-state index >= 15 is 0 Å². The molecular formula is C15H10ClFN2OS. The molecule has 0 saturated carbocycles. The van der Waals surface area contributed by atoms with Gasteiger partial charge in [-0.3, -0.25) is 4.79 Å². The van der Waals surface area contributed by atoms with Crippen LogP contribution in [0, 0.1) is 24.1 Å². The highest BCUT2D eigenvalue weighted by Crippen LogP contribution is 2.21. The van der Waals surface area contributed by atoms with Crippen LogP contribution in [0.3, 0.4) is 0 Å². The van der Waals surface area contributed by atoms with E-state index in [1.165, 1.54) is 29.5 Å². The molecule has 0 spiro atoms. The Bertz CT molecular complexity index is 761. The average Bonchev–Trinajstić information content (AvgIpc) is 2.85. The third-order valence-corrected chi connectivity index (χ3v) is 3.98. The van der Waals surface area contributed by atoms with Crippen LogP contribution in [0.1, 0.15) is 10.4 Å². The molecule has 0 radical (unpaired) electrons. The second kappa shape index (κ2) is 6.53. The van der Waals surface area contributed by atoms with Crippen LogP contribution in [-0.2, 0) is 4.79 Å². The lowest BCUT2D eigenvalue weighted by Gasteiger charge is -2.05. The van der Waals surface area contributed by atoms with Crippen molar-refractivity contribution in [2.45, 2.75) is 6.92 Å². The third-order valence-electron chi connectivity index (χ3n) is 2.72. The molecule has 1 aromatic carbocycles. The number of amides is 1. The standard InChI is InChI=1S/C15H10ClFN2OS/c1-9-4-5-21-14(9)6-10(8-18)15(20)19-11-2-3-13(17)12(16)7-11/h2-7H,1H3,(H,19,20)/b10-6+. The summed E-state index contributed by atoms with van der Waals surface area (Å²) in [5, 5.41) is 13.4. The van der Waals surface area contributed by atoms with Crippen LogP contribution in [0.4, 0.5) is 10.1 Å². The summed E-state index contributed by atoms with van der Waals surface area (Å²) in [5.41, 5.74) is 1.29. The zero-order valence-electron chi connectivity index (χ0n) is 11.0. The number of hydrogen-bond acceptors (Lipinski definition) is 3. The van der Waals surface area contributed by atoms with Gasteiger partial charge in [0.2, 0.25) is 0 Å². The number of nitrogens with zero attached hydrogens (tertiary/aromatic N) is 1. The van der Waals surface area contributed by atoms with Crippen molar-refractivity contribution in [3.63, 3.8) is 0 Å². The summed E-state index contributed by atoms with van der Waals surface area (Å²) >= 11 is 7.09. The number of hydrogen-bond donors (Lipinski definition) is 1. The van der Waals surface area contributed by atoms with Gasteiger partial charge in [-0.2, -0.15) is 5.26 Å². The SMILES string of the molecule is Cc1ccsc1/C=C(\C#N)C(=O)Nc1ccc(F)c(Cl)c1. The Morgan fingerprint density at radius 1 is 1.48 bits per heavy atom. The molecule has 2 aromatic rings. The monoisotopic (exact) mass is 320 g/mol. The molecule has 0 aliphatic carbocycles. The molecule has 1 amide bonds. The van der Waals surface area contributed by atoms with Gasteiger partial charge in [0, 0.05) is 10.6 Å². The van der Waals surface area contributed by atoms with Crippen LogP contribution in [0.15, 0.2) is 35.2 Å². The number of carbonyl (C=O) groups is 1. The van der Waals surface area contributed by atoms with Crippen molar-refractivity contribution in [3.8, 4) is 6.07 Å². The van der Waals surface area contributed by atoms with E-state index in [2.05, 4.69) is 5.32 Å². The first-order chi connectivity index (χ1) is 10.0. The lowest BCUT2D eigenvalue weighted by Crippen LogP contribution is -2.13. The van der Waals surface area contributed by atoms with E-state index in [1.54, 1.807) is 0 Å². The summed E-state index contributed by atoms with van der Waals surface area (Å²) in [7, 11) is 0. The number of aryl methyl sites for hydroxylation is 1. The Kier molecular flexibility index (Phi) is 4.73. The molecule has 2 rings (SSSR count). The molecule has 106 valence electrons. The van der Waals surface area contributed by atoms with Gasteiger partial charge in [-0.05, 0) is 48.2 Å². The molecule has 0 aliphatic rings. The van der Waals surface area contributed by atoms with Gasteiger partial charge >= 0.3 is 0 Å². The van der Waals surface area contributed by atoms with E-state index in [4.69, 9.17) is 16.9 Å². The maximum absolute atomic E-state index is 13.1. The fraction of sp³-hybridized carbons (Fsp3) is 0.0667. The largest absolute Gasteiger partial charge is 0.321 e. The fourth-order valence-corrected chi connectivity index (χ4v) is 2.62. The molecule has 0 unspecified atom stereocenters. The van der Waals surface area contributed by atoms with Gasteiger partial charge in [0.15, 0.2) is 0 Å².